The number of hydrogen-bond donors (Lipinski definition) is 1. The Labute approximate surface area is 131 Å². The van der Waals surface area contributed by atoms with Gasteiger partial charge in [0.25, 0.3) is 0 Å². The predicted octanol–water partition coefficient (Wildman–Crippen LogP) is 2.28. The van der Waals surface area contributed by atoms with Crippen molar-refractivity contribution in [2.75, 3.05) is 24.5 Å². The molecular formula is C17H23N5. The zero-order chi connectivity index (χ0) is 15.4. The number of aromatic nitrogens is 3. The molecule has 0 aromatic carbocycles. The zero-order valence-corrected chi connectivity index (χ0v) is 13.1. The molecule has 0 aliphatic carbocycles. The van der Waals surface area contributed by atoms with Gasteiger partial charge in [-0.05, 0) is 43.9 Å². The Morgan fingerprint density at radius 3 is 2.73 bits per heavy atom. The van der Waals surface area contributed by atoms with Crippen LogP contribution in [-0.2, 0) is 6.42 Å². The Bertz CT molecular complexity index is 606. The first-order chi connectivity index (χ1) is 10.8. The minimum absolute atomic E-state index is 0.654. The van der Waals surface area contributed by atoms with Crippen LogP contribution in [0.2, 0.25) is 0 Å². The average molecular weight is 297 g/mol. The fourth-order valence-electron chi connectivity index (χ4n) is 2.85. The van der Waals surface area contributed by atoms with Crippen LogP contribution in [0.25, 0.3) is 11.4 Å². The van der Waals surface area contributed by atoms with Gasteiger partial charge in [0, 0.05) is 42.8 Å². The highest BCUT2D eigenvalue weighted by Gasteiger charge is 2.20. The van der Waals surface area contributed by atoms with E-state index in [4.69, 9.17) is 10.7 Å². The first-order valence-electron chi connectivity index (χ1n) is 8.03. The standard InChI is InChI=1S/C17H23N5/c1-2-15-10-16(22-8-5-13(11-18)6-9-22)21-17(20-15)14-4-3-7-19-12-14/h3-4,7,10,12-13H,2,5-6,8-9,11,18H2,1H3. The molecule has 1 aliphatic heterocycles. The molecule has 5 heteroatoms. The Morgan fingerprint density at radius 2 is 2.09 bits per heavy atom. The van der Waals surface area contributed by atoms with Gasteiger partial charge in [-0.3, -0.25) is 4.98 Å². The fourth-order valence-corrected chi connectivity index (χ4v) is 2.85. The van der Waals surface area contributed by atoms with E-state index in [1.165, 1.54) is 0 Å². The van der Waals surface area contributed by atoms with Crippen LogP contribution in [0.15, 0.2) is 30.6 Å². The number of nitrogens with zero attached hydrogens (tertiary/aromatic N) is 4. The molecule has 2 N–H and O–H groups in total. The molecular weight excluding hydrogens is 274 g/mol. The van der Waals surface area contributed by atoms with Crippen molar-refractivity contribution in [3.8, 4) is 11.4 Å². The molecule has 2 aromatic heterocycles. The molecule has 2 aromatic rings. The summed E-state index contributed by atoms with van der Waals surface area (Å²) in [5.41, 5.74) is 7.82. The summed E-state index contributed by atoms with van der Waals surface area (Å²) in [5, 5.41) is 0. The highest BCUT2D eigenvalue weighted by Crippen LogP contribution is 2.24. The number of rotatable bonds is 4. The summed E-state index contributed by atoms with van der Waals surface area (Å²) in [5.74, 6) is 2.45. The maximum Gasteiger partial charge on any atom is 0.163 e. The van der Waals surface area contributed by atoms with Crippen LogP contribution in [0.3, 0.4) is 0 Å². The maximum atomic E-state index is 5.78. The molecule has 1 fully saturated rings. The van der Waals surface area contributed by atoms with E-state index < -0.39 is 0 Å². The third-order valence-corrected chi connectivity index (χ3v) is 4.32. The summed E-state index contributed by atoms with van der Waals surface area (Å²) in [6.45, 7) is 4.96. The van der Waals surface area contributed by atoms with Gasteiger partial charge in [-0.15, -0.1) is 0 Å². The van der Waals surface area contributed by atoms with Gasteiger partial charge in [0.05, 0.1) is 0 Å². The van der Waals surface area contributed by atoms with Crippen LogP contribution in [0, 0.1) is 5.92 Å². The molecule has 116 valence electrons. The van der Waals surface area contributed by atoms with E-state index in [1.807, 2.05) is 18.3 Å². The number of nitrogens with two attached hydrogens (primary N) is 1. The van der Waals surface area contributed by atoms with E-state index in [9.17, 15) is 0 Å². The van der Waals surface area contributed by atoms with Crippen LogP contribution >= 0.6 is 0 Å². The minimum Gasteiger partial charge on any atom is -0.356 e. The second-order valence-electron chi connectivity index (χ2n) is 5.80. The van der Waals surface area contributed by atoms with Crippen LogP contribution in [0.4, 0.5) is 5.82 Å². The quantitative estimate of drug-likeness (QED) is 0.937. The van der Waals surface area contributed by atoms with Crippen molar-refractivity contribution in [1.29, 1.82) is 0 Å². The van der Waals surface area contributed by atoms with E-state index in [-0.39, 0.29) is 0 Å². The van der Waals surface area contributed by atoms with E-state index in [1.54, 1.807) is 6.20 Å². The van der Waals surface area contributed by atoms with E-state index in [2.05, 4.69) is 27.9 Å². The number of anilines is 1. The Morgan fingerprint density at radius 1 is 1.27 bits per heavy atom. The third-order valence-electron chi connectivity index (χ3n) is 4.32. The van der Waals surface area contributed by atoms with Gasteiger partial charge in [0.2, 0.25) is 0 Å². The maximum absolute atomic E-state index is 5.78. The fraction of sp³-hybridized carbons (Fsp3) is 0.471. The highest BCUT2D eigenvalue weighted by atomic mass is 15.2. The smallest absolute Gasteiger partial charge is 0.163 e. The Hall–Kier alpha value is -2.01. The first-order valence-corrected chi connectivity index (χ1v) is 8.03. The van der Waals surface area contributed by atoms with Crippen LogP contribution in [0.5, 0.6) is 0 Å². The normalized spacial score (nSPS) is 16.0. The minimum atomic E-state index is 0.654. The Balaban J connectivity index is 1.88. The van der Waals surface area contributed by atoms with Gasteiger partial charge in [0.15, 0.2) is 5.82 Å². The van der Waals surface area contributed by atoms with E-state index in [0.717, 1.165) is 61.8 Å². The zero-order valence-electron chi connectivity index (χ0n) is 13.1. The lowest BCUT2D eigenvalue weighted by molar-refractivity contribution is 0.413. The van der Waals surface area contributed by atoms with Crippen LogP contribution in [-0.4, -0.2) is 34.6 Å². The van der Waals surface area contributed by atoms with Crippen LogP contribution < -0.4 is 10.6 Å². The number of hydrogen-bond acceptors (Lipinski definition) is 5. The number of aryl methyl sites for hydroxylation is 1. The molecule has 1 aliphatic rings. The molecule has 5 nitrogen and oxygen atoms in total. The van der Waals surface area contributed by atoms with Crippen molar-refractivity contribution in [3.63, 3.8) is 0 Å². The summed E-state index contributed by atoms with van der Waals surface area (Å²) in [6, 6.07) is 6.04. The summed E-state index contributed by atoms with van der Waals surface area (Å²) in [4.78, 5) is 15.9. The summed E-state index contributed by atoms with van der Waals surface area (Å²) < 4.78 is 0. The second kappa shape index (κ2) is 6.83. The molecule has 0 bridgehead atoms. The van der Waals surface area contributed by atoms with E-state index >= 15 is 0 Å². The monoisotopic (exact) mass is 297 g/mol. The van der Waals surface area contributed by atoms with Gasteiger partial charge < -0.3 is 10.6 Å². The van der Waals surface area contributed by atoms with Crippen molar-refractivity contribution in [2.45, 2.75) is 26.2 Å². The molecule has 22 heavy (non-hydrogen) atoms. The van der Waals surface area contributed by atoms with Crippen molar-refractivity contribution in [2.24, 2.45) is 11.7 Å². The molecule has 0 radical (unpaired) electrons. The molecule has 3 rings (SSSR count). The predicted molar refractivity (Wildman–Crippen MR) is 88.6 cm³/mol. The van der Waals surface area contributed by atoms with Gasteiger partial charge in [-0.2, -0.15) is 0 Å². The Kier molecular flexibility index (Phi) is 4.63. The lowest BCUT2D eigenvalue weighted by atomic mass is 9.97. The van der Waals surface area contributed by atoms with Gasteiger partial charge in [-0.25, -0.2) is 9.97 Å². The van der Waals surface area contributed by atoms with E-state index in [0.29, 0.717) is 5.92 Å². The molecule has 1 saturated heterocycles. The van der Waals surface area contributed by atoms with Gasteiger partial charge in [0.1, 0.15) is 5.82 Å². The number of pyridine rings is 1. The topological polar surface area (TPSA) is 67.9 Å². The van der Waals surface area contributed by atoms with Crippen molar-refractivity contribution in [1.82, 2.24) is 15.0 Å². The van der Waals surface area contributed by atoms with Gasteiger partial charge in [-0.1, -0.05) is 6.92 Å². The van der Waals surface area contributed by atoms with Crippen LogP contribution in [0.1, 0.15) is 25.5 Å². The molecule has 0 unspecified atom stereocenters. The van der Waals surface area contributed by atoms with Gasteiger partial charge >= 0.3 is 0 Å². The third kappa shape index (κ3) is 3.25. The average Bonchev–Trinajstić information content (AvgIpc) is 2.62. The summed E-state index contributed by atoms with van der Waals surface area (Å²) in [7, 11) is 0. The SMILES string of the molecule is CCc1cc(N2CCC(CN)CC2)nc(-c2cccnc2)n1. The number of piperidine rings is 1. The lowest BCUT2D eigenvalue weighted by Gasteiger charge is -2.32. The van der Waals surface area contributed by atoms with Crippen molar-refractivity contribution >= 4 is 5.82 Å². The molecule has 0 saturated carbocycles. The summed E-state index contributed by atoms with van der Waals surface area (Å²) >= 11 is 0. The molecule has 0 amide bonds. The first kappa shape index (κ1) is 14.9. The molecule has 0 spiro atoms. The highest BCUT2D eigenvalue weighted by molar-refractivity contribution is 5.57. The second-order valence-corrected chi connectivity index (χ2v) is 5.80. The molecule has 3 heterocycles. The summed E-state index contributed by atoms with van der Waals surface area (Å²) in [6.07, 6.45) is 6.78. The lowest BCUT2D eigenvalue weighted by Crippen LogP contribution is -2.36. The largest absolute Gasteiger partial charge is 0.356 e. The van der Waals surface area contributed by atoms with Crippen molar-refractivity contribution < 1.29 is 0 Å². The van der Waals surface area contributed by atoms with Crippen molar-refractivity contribution in [3.05, 3.63) is 36.3 Å². The molecule has 0 atom stereocenters.